The molecule has 3 heteroatoms. The lowest BCUT2D eigenvalue weighted by atomic mass is 10.2. The normalized spacial score (nSPS) is 11.1. The Labute approximate surface area is 70.0 Å². The smallest absolute Gasteiger partial charge is 0.0780 e. The van der Waals surface area contributed by atoms with Crippen molar-refractivity contribution in [3.8, 4) is 0 Å². The van der Waals surface area contributed by atoms with Gasteiger partial charge >= 0.3 is 0 Å². The molecule has 0 atom stereocenters. The maximum atomic E-state index is 8.85. The third-order valence-electron chi connectivity index (χ3n) is 1.36. The van der Waals surface area contributed by atoms with Gasteiger partial charge in [-0.2, -0.15) is 0 Å². The highest BCUT2D eigenvalue weighted by atomic mass is 32.1. The van der Waals surface area contributed by atoms with Crippen LogP contribution in [-0.4, -0.2) is 11.7 Å². The summed E-state index contributed by atoms with van der Waals surface area (Å²) < 4.78 is 0. The molecular formula is C8H11NOS. The van der Waals surface area contributed by atoms with Crippen LogP contribution in [0.25, 0.3) is 6.08 Å². The molecule has 1 heterocycles. The maximum absolute atomic E-state index is 8.85. The second kappa shape index (κ2) is 4.28. The lowest BCUT2D eigenvalue weighted by molar-refractivity contribution is 0.285. The Bertz CT molecular complexity index is 242. The molecule has 11 heavy (non-hydrogen) atoms. The van der Waals surface area contributed by atoms with Gasteiger partial charge in [-0.3, -0.25) is 0 Å². The van der Waals surface area contributed by atoms with Gasteiger partial charge in [0.25, 0.3) is 0 Å². The van der Waals surface area contributed by atoms with Gasteiger partial charge in [0.1, 0.15) is 0 Å². The van der Waals surface area contributed by atoms with Crippen LogP contribution >= 0.6 is 11.3 Å². The first kappa shape index (κ1) is 8.46. The van der Waals surface area contributed by atoms with Crippen molar-refractivity contribution in [2.24, 2.45) is 5.73 Å². The van der Waals surface area contributed by atoms with E-state index in [1.165, 1.54) is 0 Å². The van der Waals surface area contributed by atoms with Gasteiger partial charge in [-0.1, -0.05) is 12.2 Å². The Morgan fingerprint density at radius 3 is 3.09 bits per heavy atom. The first-order valence-corrected chi connectivity index (χ1v) is 4.30. The number of nitrogens with two attached hydrogens (primary N) is 1. The van der Waals surface area contributed by atoms with Gasteiger partial charge in [0.2, 0.25) is 0 Å². The molecule has 1 aromatic heterocycles. The number of hydrogen-bond acceptors (Lipinski definition) is 3. The highest BCUT2D eigenvalue weighted by Crippen LogP contribution is 2.17. The summed E-state index contributed by atoms with van der Waals surface area (Å²) in [6, 6.07) is 1.97. The zero-order chi connectivity index (χ0) is 8.10. The molecule has 0 fully saturated rings. The Hall–Kier alpha value is -0.640. The minimum atomic E-state index is 0.113. The Morgan fingerprint density at radius 1 is 1.64 bits per heavy atom. The average Bonchev–Trinajstić information content (AvgIpc) is 2.47. The molecule has 0 aliphatic rings. The number of hydrogen-bond donors (Lipinski definition) is 2. The van der Waals surface area contributed by atoms with Crippen LogP contribution in [0.4, 0.5) is 0 Å². The van der Waals surface area contributed by atoms with Crippen LogP contribution in [0.3, 0.4) is 0 Å². The first-order valence-electron chi connectivity index (χ1n) is 3.42. The van der Waals surface area contributed by atoms with E-state index in [-0.39, 0.29) is 6.61 Å². The van der Waals surface area contributed by atoms with E-state index in [2.05, 4.69) is 0 Å². The molecule has 0 spiro atoms. The summed E-state index contributed by atoms with van der Waals surface area (Å²) in [4.78, 5) is 0.995. The lowest BCUT2D eigenvalue weighted by Gasteiger charge is -1.91. The summed E-state index contributed by atoms with van der Waals surface area (Å²) in [5.41, 5.74) is 6.36. The summed E-state index contributed by atoms with van der Waals surface area (Å²) >= 11 is 1.56. The SMILES string of the molecule is NCC=Cc1ccsc1CO. The fourth-order valence-electron chi connectivity index (χ4n) is 0.823. The molecule has 1 rings (SSSR count). The van der Waals surface area contributed by atoms with Gasteiger partial charge in [-0.25, -0.2) is 0 Å². The largest absolute Gasteiger partial charge is 0.391 e. The van der Waals surface area contributed by atoms with Gasteiger partial charge in [0.05, 0.1) is 6.61 Å². The molecular weight excluding hydrogens is 158 g/mol. The van der Waals surface area contributed by atoms with Gasteiger partial charge in [-0.15, -0.1) is 11.3 Å². The van der Waals surface area contributed by atoms with E-state index in [1.54, 1.807) is 11.3 Å². The monoisotopic (exact) mass is 169 g/mol. The van der Waals surface area contributed by atoms with E-state index < -0.39 is 0 Å². The van der Waals surface area contributed by atoms with E-state index >= 15 is 0 Å². The molecule has 0 bridgehead atoms. The number of aliphatic hydroxyl groups is 1. The van der Waals surface area contributed by atoms with Gasteiger partial charge in [-0.05, 0) is 17.0 Å². The highest BCUT2D eigenvalue weighted by Gasteiger charge is 1.97. The van der Waals surface area contributed by atoms with Crippen molar-refractivity contribution in [2.45, 2.75) is 6.61 Å². The molecule has 0 aromatic carbocycles. The molecule has 1 aromatic rings. The third-order valence-corrected chi connectivity index (χ3v) is 2.28. The van der Waals surface area contributed by atoms with Crippen LogP contribution in [0.2, 0.25) is 0 Å². The summed E-state index contributed by atoms with van der Waals surface area (Å²) in [7, 11) is 0. The Morgan fingerprint density at radius 2 is 2.45 bits per heavy atom. The summed E-state index contributed by atoms with van der Waals surface area (Å²) in [5.74, 6) is 0. The van der Waals surface area contributed by atoms with Gasteiger partial charge in [0, 0.05) is 11.4 Å². The Kier molecular flexibility index (Phi) is 3.29. The fraction of sp³-hybridized carbons (Fsp3) is 0.250. The Balaban J connectivity index is 2.76. The quantitative estimate of drug-likeness (QED) is 0.714. The van der Waals surface area contributed by atoms with E-state index in [9.17, 15) is 0 Å². The summed E-state index contributed by atoms with van der Waals surface area (Å²) in [6.45, 7) is 0.655. The maximum Gasteiger partial charge on any atom is 0.0780 e. The summed E-state index contributed by atoms with van der Waals surface area (Å²) in [6.07, 6.45) is 3.81. The average molecular weight is 169 g/mol. The minimum Gasteiger partial charge on any atom is -0.391 e. The number of rotatable bonds is 3. The third kappa shape index (κ3) is 2.15. The predicted octanol–water partition coefficient (Wildman–Crippen LogP) is 1.21. The zero-order valence-corrected chi connectivity index (χ0v) is 6.97. The van der Waals surface area contributed by atoms with Crippen molar-refractivity contribution in [1.82, 2.24) is 0 Å². The van der Waals surface area contributed by atoms with Crippen LogP contribution in [0, 0.1) is 0 Å². The van der Waals surface area contributed by atoms with Gasteiger partial charge in [0.15, 0.2) is 0 Å². The molecule has 3 N–H and O–H groups in total. The summed E-state index contributed by atoms with van der Waals surface area (Å²) in [5, 5.41) is 10.8. The topological polar surface area (TPSA) is 46.2 Å². The van der Waals surface area contributed by atoms with E-state index in [4.69, 9.17) is 10.8 Å². The van der Waals surface area contributed by atoms with Crippen LogP contribution in [0.5, 0.6) is 0 Å². The second-order valence-corrected chi connectivity index (χ2v) is 3.10. The standard InChI is InChI=1S/C8H11NOS/c9-4-1-2-7-3-5-11-8(7)6-10/h1-3,5,10H,4,6,9H2. The molecule has 0 saturated carbocycles. The van der Waals surface area contributed by atoms with Crippen molar-refractivity contribution in [2.75, 3.05) is 6.54 Å². The number of thiophene rings is 1. The van der Waals surface area contributed by atoms with Crippen molar-refractivity contribution in [1.29, 1.82) is 0 Å². The number of aliphatic hydroxyl groups excluding tert-OH is 1. The van der Waals surface area contributed by atoms with Crippen LogP contribution in [0.1, 0.15) is 10.4 Å². The van der Waals surface area contributed by atoms with Gasteiger partial charge < -0.3 is 10.8 Å². The van der Waals surface area contributed by atoms with Crippen molar-refractivity contribution >= 4 is 17.4 Å². The minimum absolute atomic E-state index is 0.113. The second-order valence-electron chi connectivity index (χ2n) is 2.10. The molecule has 0 amide bonds. The molecule has 2 nitrogen and oxygen atoms in total. The van der Waals surface area contributed by atoms with E-state index in [0.717, 1.165) is 10.4 Å². The van der Waals surface area contributed by atoms with Crippen molar-refractivity contribution < 1.29 is 5.11 Å². The molecule has 0 unspecified atom stereocenters. The van der Waals surface area contributed by atoms with Crippen LogP contribution in [0.15, 0.2) is 17.5 Å². The zero-order valence-electron chi connectivity index (χ0n) is 6.16. The highest BCUT2D eigenvalue weighted by molar-refractivity contribution is 7.10. The van der Waals surface area contributed by atoms with Crippen LogP contribution < -0.4 is 5.73 Å². The molecule has 0 radical (unpaired) electrons. The lowest BCUT2D eigenvalue weighted by Crippen LogP contribution is -1.92. The van der Waals surface area contributed by atoms with Crippen molar-refractivity contribution in [3.05, 3.63) is 28.0 Å². The molecule has 60 valence electrons. The van der Waals surface area contributed by atoms with Crippen LogP contribution in [-0.2, 0) is 6.61 Å². The van der Waals surface area contributed by atoms with E-state index in [1.807, 2.05) is 23.6 Å². The fourth-order valence-corrected chi connectivity index (χ4v) is 1.55. The molecule has 0 saturated heterocycles. The predicted molar refractivity (Wildman–Crippen MR) is 48.3 cm³/mol. The van der Waals surface area contributed by atoms with E-state index in [0.29, 0.717) is 6.54 Å². The molecule has 0 aliphatic heterocycles. The first-order chi connectivity index (χ1) is 5.38. The molecule has 0 aliphatic carbocycles. The van der Waals surface area contributed by atoms with Crippen molar-refractivity contribution in [3.63, 3.8) is 0 Å².